The summed E-state index contributed by atoms with van der Waals surface area (Å²) in [6, 6.07) is 24.4. The highest BCUT2D eigenvalue weighted by molar-refractivity contribution is 6.14. The van der Waals surface area contributed by atoms with Crippen molar-refractivity contribution < 1.29 is 35.1 Å². The van der Waals surface area contributed by atoms with E-state index < -0.39 is 17.5 Å². The summed E-state index contributed by atoms with van der Waals surface area (Å²) in [5.41, 5.74) is 5.30. The molecule has 0 bridgehead atoms. The van der Waals surface area contributed by atoms with Crippen LogP contribution in [0.5, 0.6) is 0 Å². The minimum atomic E-state index is -1.45. The van der Waals surface area contributed by atoms with Gasteiger partial charge in [-0.2, -0.15) is 0 Å². The summed E-state index contributed by atoms with van der Waals surface area (Å²) in [5.74, 6) is -3.84. The molecule has 5 aromatic rings. The first-order valence-corrected chi connectivity index (χ1v) is 10.4. The molecular weight excluding hydrogens is 487 g/mol. The SMILES string of the molecule is Fc1cc(-c2cc3c(c4ccccc24)-c2c(ccc4ccccc24)C=[NH+]C3)cc(F)c1F.[Br-]. The van der Waals surface area contributed by atoms with Crippen molar-refractivity contribution in [1.82, 2.24) is 0 Å². The molecule has 1 aliphatic rings. The first kappa shape index (κ1) is 21.4. The van der Waals surface area contributed by atoms with Crippen molar-refractivity contribution in [2.75, 3.05) is 0 Å². The molecule has 0 amide bonds. The van der Waals surface area contributed by atoms with Crippen molar-refractivity contribution >= 4 is 27.8 Å². The Kier molecular flexibility index (Phi) is 5.29. The van der Waals surface area contributed by atoms with Gasteiger partial charge in [0.25, 0.3) is 0 Å². The fourth-order valence-electron chi connectivity index (χ4n) is 4.78. The molecule has 0 fully saturated rings. The topological polar surface area (TPSA) is 14.0 Å². The molecule has 6 rings (SSSR count). The molecule has 0 aliphatic carbocycles. The van der Waals surface area contributed by atoms with Crippen LogP contribution in [-0.2, 0) is 6.54 Å². The van der Waals surface area contributed by atoms with E-state index in [0.717, 1.165) is 55.9 Å². The zero-order chi connectivity index (χ0) is 21.8. The third-order valence-electron chi connectivity index (χ3n) is 6.18. The van der Waals surface area contributed by atoms with Crippen LogP contribution in [0.4, 0.5) is 13.2 Å². The van der Waals surface area contributed by atoms with Gasteiger partial charge >= 0.3 is 0 Å². The van der Waals surface area contributed by atoms with Gasteiger partial charge in [-0.15, -0.1) is 0 Å². The summed E-state index contributed by atoms with van der Waals surface area (Å²) in [6.45, 7) is 0.558. The molecule has 33 heavy (non-hydrogen) atoms. The van der Waals surface area contributed by atoms with E-state index in [-0.39, 0.29) is 17.0 Å². The Bertz CT molecular complexity index is 1570. The molecule has 0 saturated heterocycles. The van der Waals surface area contributed by atoms with Gasteiger partial charge in [-0.05, 0) is 56.9 Å². The van der Waals surface area contributed by atoms with E-state index in [2.05, 4.69) is 29.3 Å². The number of halogens is 4. The maximum absolute atomic E-state index is 14.1. The van der Waals surface area contributed by atoms with Crippen LogP contribution in [0.3, 0.4) is 0 Å². The third kappa shape index (κ3) is 3.35. The molecule has 0 unspecified atom stereocenters. The number of benzene rings is 5. The smallest absolute Gasteiger partial charge is 0.194 e. The summed E-state index contributed by atoms with van der Waals surface area (Å²) >= 11 is 0. The van der Waals surface area contributed by atoms with Gasteiger partial charge in [-0.1, -0.05) is 54.6 Å². The van der Waals surface area contributed by atoms with Crippen LogP contribution in [0.25, 0.3) is 43.8 Å². The van der Waals surface area contributed by atoms with Crippen LogP contribution in [0.15, 0.2) is 78.9 Å². The van der Waals surface area contributed by atoms with Crippen LogP contribution >= 0.6 is 0 Å². The van der Waals surface area contributed by atoms with Crippen LogP contribution in [-0.4, -0.2) is 6.21 Å². The lowest BCUT2D eigenvalue weighted by atomic mass is 9.85. The molecule has 1 N–H and O–H groups in total. The highest BCUT2D eigenvalue weighted by Gasteiger charge is 2.23. The van der Waals surface area contributed by atoms with Crippen molar-refractivity contribution in [3.8, 4) is 22.3 Å². The van der Waals surface area contributed by atoms with Gasteiger partial charge in [-0.3, -0.25) is 0 Å². The number of nitrogens with one attached hydrogen (secondary N) is 1. The molecule has 0 saturated carbocycles. The minimum absolute atomic E-state index is 0. The van der Waals surface area contributed by atoms with Gasteiger partial charge in [0.15, 0.2) is 30.2 Å². The third-order valence-corrected chi connectivity index (χ3v) is 6.18. The fraction of sp³-hybridized carbons (Fsp3) is 0.0357. The van der Waals surface area contributed by atoms with Crippen LogP contribution in [0.2, 0.25) is 0 Å². The van der Waals surface area contributed by atoms with E-state index in [0.29, 0.717) is 17.7 Å². The Morgan fingerprint density at radius 3 is 2.09 bits per heavy atom. The summed E-state index contributed by atoms with van der Waals surface area (Å²) in [7, 11) is 0. The van der Waals surface area contributed by atoms with Gasteiger partial charge in [0.05, 0.1) is 0 Å². The second kappa shape index (κ2) is 8.16. The first-order valence-electron chi connectivity index (χ1n) is 10.4. The van der Waals surface area contributed by atoms with Crippen molar-refractivity contribution in [2.24, 2.45) is 0 Å². The zero-order valence-electron chi connectivity index (χ0n) is 17.3. The standard InChI is InChI=1S/C28H16F3N.BrH/c29-24-12-18(13-25(30)28(24)31)23-11-19-15-32-14-17-10-9-16-5-1-2-6-20(16)26(17)27(19)22-8-4-3-7-21(22)23;/h1-14H,15H2;1H. The summed E-state index contributed by atoms with van der Waals surface area (Å²) in [4.78, 5) is 3.37. The Hall–Kier alpha value is -3.44. The number of hydrogen-bond donors (Lipinski definition) is 1. The lowest BCUT2D eigenvalue weighted by molar-refractivity contribution is -0.469. The molecule has 0 aromatic heterocycles. The van der Waals surface area contributed by atoms with Crippen LogP contribution in [0, 0.1) is 17.5 Å². The van der Waals surface area contributed by atoms with E-state index in [1.165, 1.54) is 0 Å². The Morgan fingerprint density at radius 1 is 0.667 bits per heavy atom. The molecule has 162 valence electrons. The molecule has 0 radical (unpaired) electrons. The maximum Gasteiger partial charge on any atom is 0.194 e. The average Bonchev–Trinajstić information content (AvgIpc) is 3.01. The molecule has 5 aromatic carbocycles. The van der Waals surface area contributed by atoms with Crippen LogP contribution < -0.4 is 22.0 Å². The van der Waals surface area contributed by atoms with E-state index in [9.17, 15) is 13.2 Å². The van der Waals surface area contributed by atoms with Gasteiger partial charge in [0.2, 0.25) is 0 Å². The highest BCUT2D eigenvalue weighted by Crippen LogP contribution is 2.42. The minimum Gasteiger partial charge on any atom is -1.00 e. The Labute approximate surface area is 199 Å². The number of rotatable bonds is 1. The highest BCUT2D eigenvalue weighted by atomic mass is 79.9. The predicted molar refractivity (Wildman–Crippen MR) is 122 cm³/mol. The molecular formula is C28H17BrF3N. The number of fused-ring (bicyclic) bond motifs is 7. The second-order valence-electron chi connectivity index (χ2n) is 8.03. The lowest BCUT2D eigenvalue weighted by Crippen LogP contribution is -3.00. The van der Waals surface area contributed by atoms with E-state index in [1.54, 1.807) is 0 Å². The van der Waals surface area contributed by atoms with Crippen molar-refractivity contribution in [3.63, 3.8) is 0 Å². The predicted octanol–water partition coefficient (Wildman–Crippen LogP) is 2.76. The summed E-state index contributed by atoms with van der Waals surface area (Å²) in [5, 5.41) is 4.13. The quantitative estimate of drug-likeness (QED) is 0.338. The van der Waals surface area contributed by atoms with Gasteiger partial charge in [0, 0.05) is 22.3 Å². The molecule has 1 nitrogen and oxygen atoms in total. The zero-order valence-corrected chi connectivity index (χ0v) is 18.9. The van der Waals surface area contributed by atoms with Crippen molar-refractivity contribution in [1.29, 1.82) is 0 Å². The van der Waals surface area contributed by atoms with Gasteiger partial charge < -0.3 is 17.0 Å². The van der Waals surface area contributed by atoms with Gasteiger partial charge in [0.1, 0.15) is 0 Å². The van der Waals surface area contributed by atoms with Crippen LogP contribution in [0.1, 0.15) is 11.1 Å². The van der Waals surface area contributed by atoms with E-state index in [1.807, 2.05) is 48.7 Å². The van der Waals surface area contributed by atoms with Gasteiger partial charge in [-0.25, -0.2) is 18.2 Å². The Morgan fingerprint density at radius 2 is 1.33 bits per heavy atom. The first-order chi connectivity index (χ1) is 15.6. The number of hydrogen-bond acceptors (Lipinski definition) is 0. The largest absolute Gasteiger partial charge is 1.00 e. The molecule has 1 heterocycles. The van der Waals surface area contributed by atoms with E-state index in [4.69, 9.17) is 0 Å². The summed E-state index contributed by atoms with van der Waals surface area (Å²) < 4.78 is 41.8. The van der Waals surface area contributed by atoms with Crippen molar-refractivity contribution in [3.05, 3.63) is 107 Å². The molecule has 0 atom stereocenters. The lowest BCUT2D eigenvalue weighted by Gasteiger charge is -2.17. The summed E-state index contributed by atoms with van der Waals surface area (Å²) in [6.07, 6.45) is 2.01. The van der Waals surface area contributed by atoms with Crippen molar-refractivity contribution in [2.45, 2.75) is 6.54 Å². The maximum atomic E-state index is 14.1. The average molecular weight is 504 g/mol. The molecule has 0 spiro atoms. The normalized spacial score (nSPS) is 12.2. The monoisotopic (exact) mass is 503 g/mol. The fourth-order valence-corrected chi connectivity index (χ4v) is 4.78. The Balaban J connectivity index is 0.00000228. The molecule has 1 aliphatic heterocycles. The van der Waals surface area contributed by atoms with E-state index >= 15 is 0 Å². The molecule has 5 heteroatoms. The second-order valence-corrected chi connectivity index (χ2v) is 8.03.